The zero-order valence-corrected chi connectivity index (χ0v) is 6.74. The molecule has 1 rings (SSSR count). The van der Waals surface area contributed by atoms with E-state index < -0.39 is 0 Å². The summed E-state index contributed by atoms with van der Waals surface area (Å²) in [6, 6.07) is 0. The monoisotopic (exact) mass is 161 g/mol. The highest BCUT2D eigenvalue weighted by Gasteiger charge is 2.22. The molecular weight excluding hydrogens is 150 g/mol. The fourth-order valence-corrected chi connectivity index (χ4v) is 2.15. The van der Waals surface area contributed by atoms with Gasteiger partial charge in [0, 0.05) is 11.7 Å². The van der Waals surface area contributed by atoms with Crippen molar-refractivity contribution in [2.24, 2.45) is 5.92 Å². The molecule has 0 bridgehead atoms. The molecule has 0 spiro atoms. The van der Waals surface area contributed by atoms with Crippen LogP contribution < -0.4 is 5.48 Å². The molecule has 1 fully saturated rings. The number of nitrogens with one attached hydrogen (secondary N) is 1. The van der Waals surface area contributed by atoms with Crippen LogP contribution in [0.15, 0.2) is 0 Å². The molecule has 58 valence electrons. The van der Waals surface area contributed by atoms with Crippen molar-refractivity contribution in [3.63, 3.8) is 0 Å². The topological polar surface area (TPSA) is 38.3 Å². The zero-order valence-electron chi connectivity index (χ0n) is 5.92. The van der Waals surface area contributed by atoms with E-state index in [1.54, 1.807) is 0 Å². The molecule has 1 unspecified atom stereocenters. The summed E-state index contributed by atoms with van der Waals surface area (Å²) in [7, 11) is 1.46. The number of carbonyl (C=O) groups is 1. The first-order chi connectivity index (χ1) is 4.84. The second kappa shape index (κ2) is 3.83. The average Bonchev–Trinajstić information content (AvgIpc) is 2.38. The summed E-state index contributed by atoms with van der Waals surface area (Å²) in [5, 5.41) is 0. The quantitative estimate of drug-likeness (QED) is 0.596. The van der Waals surface area contributed by atoms with Crippen molar-refractivity contribution in [1.29, 1.82) is 0 Å². The minimum atomic E-state index is 0.0208. The molecule has 0 saturated carbocycles. The van der Waals surface area contributed by atoms with E-state index in [-0.39, 0.29) is 11.8 Å². The van der Waals surface area contributed by atoms with Crippen LogP contribution in [0.4, 0.5) is 0 Å². The van der Waals surface area contributed by atoms with Crippen molar-refractivity contribution < 1.29 is 9.63 Å². The van der Waals surface area contributed by atoms with Gasteiger partial charge in [0.1, 0.15) is 0 Å². The maximum absolute atomic E-state index is 11.0. The highest BCUT2D eigenvalue weighted by molar-refractivity contribution is 7.99. The molecule has 0 aromatic carbocycles. The van der Waals surface area contributed by atoms with Crippen LogP contribution in [0, 0.1) is 5.92 Å². The van der Waals surface area contributed by atoms with Gasteiger partial charge in [-0.3, -0.25) is 9.63 Å². The first kappa shape index (κ1) is 7.88. The Labute approximate surface area is 64.5 Å². The number of thioether (sulfide) groups is 1. The Morgan fingerprint density at radius 1 is 1.80 bits per heavy atom. The minimum Gasteiger partial charge on any atom is -0.277 e. The number of hydroxylamine groups is 1. The number of carbonyl (C=O) groups excluding carboxylic acids is 1. The van der Waals surface area contributed by atoms with Gasteiger partial charge in [0.05, 0.1) is 7.11 Å². The van der Waals surface area contributed by atoms with E-state index >= 15 is 0 Å². The Morgan fingerprint density at radius 2 is 2.60 bits per heavy atom. The molecule has 4 heteroatoms. The molecule has 1 amide bonds. The molecule has 1 heterocycles. The molecular formula is C6H11NO2S. The summed E-state index contributed by atoms with van der Waals surface area (Å²) in [5.74, 6) is 2.23. The first-order valence-electron chi connectivity index (χ1n) is 3.25. The Balaban J connectivity index is 2.25. The lowest BCUT2D eigenvalue weighted by molar-refractivity contribution is -0.134. The van der Waals surface area contributed by atoms with Crippen LogP contribution in [0.1, 0.15) is 6.42 Å². The van der Waals surface area contributed by atoms with Gasteiger partial charge in [-0.05, 0) is 12.2 Å². The van der Waals surface area contributed by atoms with E-state index in [2.05, 4.69) is 10.3 Å². The van der Waals surface area contributed by atoms with Crippen molar-refractivity contribution in [1.82, 2.24) is 5.48 Å². The van der Waals surface area contributed by atoms with Crippen LogP contribution in [-0.2, 0) is 9.63 Å². The first-order valence-corrected chi connectivity index (χ1v) is 4.40. The molecule has 1 aliphatic rings. The van der Waals surface area contributed by atoms with E-state index in [0.717, 1.165) is 17.9 Å². The van der Waals surface area contributed by atoms with Gasteiger partial charge in [-0.25, -0.2) is 5.48 Å². The van der Waals surface area contributed by atoms with Crippen molar-refractivity contribution in [3.8, 4) is 0 Å². The molecule has 3 nitrogen and oxygen atoms in total. The fraction of sp³-hybridized carbons (Fsp3) is 0.833. The summed E-state index contributed by atoms with van der Waals surface area (Å²) in [6.07, 6.45) is 0.986. The van der Waals surface area contributed by atoms with E-state index in [1.165, 1.54) is 7.11 Å². The van der Waals surface area contributed by atoms with Gasteiger partial charge in [0.25, 0.3) is 0 Å². The minimum absolute atomic E-state index is 0.0208. The second-order valence-electron chi connectivity index (χ2n) is 2.23. The van der Waals surface area contributed by atoms with Crippen molar-refractivity contribution in [2.45, 2.75) is 6.42 Å². The predicted octanol–water partition coefficient (Wildman–Crippen LogP) is 0.417. The summed E-state index contributed by atoms with van der Waals surface area (Å²) < 4.78 is 0. The normalized spacial score (nSPS) is 24.7. The molecule has 0 aliphatic carbocycles. The Kier molecular flexibility index (Phi) is 3.02. The fourth-order valence-electron chi connectivity index (χ4n) is 0.925. The summed E-state index contributed by atoms with van der Waals surface area (Å²) in [6.45, 7) is 0. The largest absolute Gasteiger partial charge is 0.277 e. The maximum Gasteiger partial charge on any atom is 0.247 e. The third-order valence-electron chi connectivity index (χ3n) is 1.50. The van der Waals surface area contributed by atoms with Crippen molar-refractivity contribution in [2.75, 3.05) is 18.6 Å². The Bertz CT molecular complexity index is 123. The number of hydrogen-bond acceptors (Lipinski definition) is 3. The smallest absolute Gasteiger partial charge is 0.247 e. The lowest BCUT2D eigenvalue weighted by Gasteiger charge is -2.05. The lowest BCUT2D eigenvalue weighted by atomic mass is 10.1. The van der Waals surface area contributed by atoms with Crippen molar-refractivity contribution >= 4 is 17.7 Å². The zero-order chi connectivity index (χ0) is 7.40. The van der Waals surface area contributed by atoms with Gasteiger partial charge >= 0.3 is 0 Å². The summed E-state index contributed by atoms with van der Waals surface area (Å²) in [5.41, 5.74) is 2.34. The average molecular weight is 161 g/mol. The SMILES string of the molecule is CONC(=O)C1CCSC1. The molecule has 1 N–H and O–H groups in total. The number of hydrogen-bond donors (Lipinski definition) is 1. The van der Waals surface area contributed by atoms with E-state index in [0.29, 0.717) is 0 Å². The summed E-state index contributed by atoms with van der Waals surface area (Å²) in [4.78, 5) is 15.5. The molecule has 0 aromatic rings. The van der Waals surface area contributed by atoms with Crippen molar-refractivity contribution in [3.05, 3.63) is 0 Å². The van der Waals surface area contributed by atoms with E-state index in [1.807, 2.05) is 11.8 Å². The summed E-state index contributed by atoms with van der Waals surface area (Å²) >= 11 is 1.82. The van der Waals surface area contributed by atoms with Gasteiger partial charge in [-0.2, -0.15) is 11.8 Å². The highest BCUT2D eigenvalue weighted by atomic mass is 32.2. The van der Waals surface area contributed by atoms with Crippen LogP contribution in [0.25, 0.3) is 0 Å². The molecule has 1 saturated heterocycles. The molecule has 10 heavy (non-hydrogen) atoms. The van der Waals surface area contributed by atoms with Gasteiger partial charge in [0.15, 0.2) is 0 Å². The Hall–Kier alpha value is -0.220. The third kappa shape index (κ3) is 1.88. The number of amides is 1. The standard InChI is InChI=1S/C6H11NO2S/c1-9-7-6(8)5-2-3-10-4-5/h5H,2-4H2,1H3,(H,7,8). The third-order valence-corrected chi connectivity index (χ3v) is 2.67. The molecule has 1 aliphatic heterocycles. The predicted molar refractivity (Wildman–Crippen MR) is 40.6 cm³/mol. The number of rotatable bonds is 2. The highest BCUT2D eigenvalue weighted by Crippen LogP contribution is 2.23. The van der Waals surface area contributed by atoms with E-state index in [9.17, 15) is 4.79 Å². The molecule has 0 radical (unpaired) electrons. The van der Waals surface area contributed by atoms with Crippen LogP contribution in [0.2, 0.25) is 0 Å². The van der Waals surface area contributed by atoms with Crippen LogP contribution in [-0.4, -0.2) is 24.5 Å². The van der Waals surface area contributed by atoms with Crippen LogP contribution in [0.3, 0.4) is 0 Å². The molecule has 0 aromatic heterocycles. The van der Waals surface area contributed by atoms with Gasteiger partial charge in [0.2, 0.25) is 5.91 Å². The maximum atomic E-state index is 11.0. The molecule has 1 atom stereocenters. The van der Waals surface area contributed by atoms with Crippen LogP contribution >= 0.6 is 11.8 Å². The van der Waals surface area contributed by atoms with E-state index in [4.69, 9.17) is 0 Å². The van der Waals surface area contributed by atoms with Gasteiger partial charge in [-0.15, -0.1) is 0 Å². The van der Waals surface area contributed by atoms with Crippen LogP contribution in [0.5, 0.6) is 0 Å². The second-order valence-corrected chi connectivity index (χ2v) is 3.38. The van der Waals surface area contributed by atoms with Gasteiger partial charge in [-0.1, -0.05) is 0 Å². The van der Waals surface area contributed by atoms with Gasteiger partial charge < -0.3 is 0 Å². The lowest BCUT2D eigenvalue weighted by Crippen LogP contribution is -2.29. The Morgan fingerprint density at radius 3 is 3.10 bits per heavy atom.